The predicted octanol–water partition coefficient (Wildman–Crippen LogP) is 3.35. The Kier molecular flexibility index (Phi) is 4.82. The number of hydrogen-bond donors (Lipinski definition) is 1. The second-order valence-corrected chi connectivity index (χ2v) is 7.13. The Morgan fingerprint density at radius 3 is 2.88 bits per heavy atom. The zero-order valence-electron chi connectivity index (χ0n) is 14.7. The maximum absolute atomic E-state index is 13.3. The fourth-order valence-electron chi connectivity index (χ4n) is 3.78. The molecule has 26 heavy (non-hydrogen) atoms. The van der Waals surface area contributed by atoms with E-state index in [0.717, 1.165) is 43.1 Å². The maximum Gasteiger partial charge on any atom is 0.227 e. The van der Waals surface area contributed by atoms with E-state index in [0.29, 0.717) is 12.1 Å². The van der Waals surface area contributed by atoms with Gasteiger partial charge in [-0.1, -0.05) is 6.07 Å². The van der Waals surface area contributed by atoms with Gasteiger partial charge in [0.2, 0.25) is 11.9 Å². The van der Waals surface area contributed by atoms with Crippen LogP contribution in [0.5, 0.6) is 0 Å². The molecule has 0 saturated carbocycles. The van der Waals surface area contributed by atoms with Crippen molar-refractivity contribution in [2.75, 3.05) is 23.3 Å². The molecule has 0 bridgehead atoms. The van der Waals surface area contributed by atoms with Gasteiger partial charge in [0.15, 0.2) is 0 Å². The number of amides is 1. The van der Waals surface area contributed by atoms with E-state index in [2.05, 4.69) is 15.2 Å². The highest BCUT2D eigenvalue weighted by atomic mass is 19.1. The van der Waals surface area contributed by atoms with Crippen molar-refractivity contribution in [2.45, 2.75) is 38.5 Å². The van der Waals surface area contributed by atoms with Crippen molar-refractivity contribution >= 4 is 17.5 Å². The van der Waals surface area contributed by atoms with Crippen LogP contribution in [0.2, 0.25) is 0 Å². The van der Waals surface area contributed by atoms with Crippen LogP contribution in [0.4, 0.5) is 16.0 Å². The van der Waals surface area contributed by atoms with Crippen molar-refractivity contribution < 1.29 is 9.18 Å². The summed E-state index contributed by atoms with van der Waals surface area (Å²) in [6.45, 7) is 2.05. The molecule has 1 N–H and O–H groups in total. The van der Waals surface area contributed by atoms with E-state index in [1.54, 1.807) is 12.1 Å². The van der Waals surface area contributed by atoms with Crippen LogP contribution in [0.25, 0.3) is 0 Å². The molecule has 2 heterocycles. The number of nitrogens with zero attached hydrogens (tertiary/aromatic N) is 3. The first-order valence-electron chi connectivity index (χ1n) is 9.35. The molecule has 1 saturated heterocycles. The fraction of sp³-hybridized carbons (Fsp3) is 0.450. The van der Waals surface area contributed by atoms with Crippen LogP contribution in [0.3, 0.4) is 0 Å². The van der Waals surface area contributed by atoms with Gasteiger partial charge in [-0.2, -0.15) is 0 Å². The lowest BCUT2D eigenvalue weighted by Gasteiger charge is -2.28. The highest BCUT2D eigenvalue weighted by molar-refractivity contribution is 5.92. The van der Waals surface area contributed by atoms with Gasteiger partial charge in [0.05, 0.1) is 0 Å². The molecule has 0 spiro atoms. The summed E-state index contributed by atoms with van der Waals surface area (Å²) in [5, 5.41) is 2.82. The van der Waals surface area contributed by atoms with Crippen molar-refractivity contribution in [1.82, 2.24) is 9.97 Å². The zero-order chi connectivity index (χ0) is 17.9. The number of anilines is 2. The highest BCUT2D eigenvalue weighted by Crippen LogP contribution is 2.27. The molecule has 0 radical (unpaired) electrons. The lowest BCUT2D eigenvalue weighted by molar-refractivity contribution is -0.120. The zero-order valence-corrected chi connectivity index (χ0v) is 14.7. The van der Waals surface area contributed by atoms with Crippen LogP contribution >= 0.6 is 0 Å². The summed E-state index contributed by atoms with van der Waals surface area (Å²) < 4.78 is 13.3. The summed E-state index contributed by atoms with van der Waals surface area (Å²) in [7, 11) is 0. The average Bonchev–Trinajstić information content (AvgIpc) is 2.68. The first-order chi connectivity index (χ1) is 12.7. The minimum Gasteiger partial charge on any atom is -0.341 e. The minimum atomic E-state index is -0.351. The SMILES string of the molecule is O=C(Nc1cccc(F)c1)[C@H]1CCc2nc(N3CCCCC3)ncc2C1. The van der Waals surface area contributed by atoms with E-state index >= 15 is 0 Å². The number of benzene rings is 1. The molecule has 1 aromatic carbocycles. The van der Waals surface area contributed by atoms with Gasteiger partial charge in [-0.3, -0.25) is 4.79 Å². The molecule has 1 atom stereocenters. The van der Waals surface area contributed by atoms with Gasteiger partial charge in [0, 0.05) is 36.6 Å². The number of aromatic nitrogens is 2. The van der Waals surface area contributed by atoms with E-state index in [-0.39, 0.29) is 17.6 Å². The number of halogens is 1. The standard InChI is InChI=1S/C20H23FN4O/c21-16-5-4-6-17(12-16)23-19(26)14-7-8-18-15(11-14)13-22-20(24-18)25-9-2-1-3-10-25/h4-6,12-14H,1-3,7-11H2,(H,23,26)/t14-/m0/s1. The molecule has 2 aromatic rings. The summed E-state index contributed by atoms with van der Waals surface area (Å²) in [6, 6.07) is 6.00. The quantitative estimate of drug-likeness (QED) is 0.918. The second-order valence-electron chi connectivity index (χ2n) is 7.13. The Hall–Kier alpha value is -2.50. The van der Waals surface area contributed by atoms with Crippen LogP contribution in [-0.4, -0.2) is 29.0 Å². The summed E-state index contributed by atoms with van der Waals surface area (Å²) in [6.07, 6.45) is 7.73. The van der Waals surface area contributed by atoms with Gasteiger partial charge in [-0.05, 0) is 62.3 Å². The number of carbonyl (C=O) groups is 1. The van der Waals surface area contributed by atoms with Crippen LogP contribution < -0.4 is 10.2 Å². The van der Waals surface area contributed by atoms with Gasteiger partial charge < -0.3 is 10.2 Å². The van der Waals surface area contributed by atoms with Gasteiger partial charge in [0.25, 0.3) is 0 Å². The molecule has 2 aliphatic rings. The van der Waals surface area contributed by atoms with Crippen molar-refractivity contribution in [1.29, 1.82) is 0 Å². The first-order valence-corrected chi connectivity index (χ1v) is 9.35. The van der Waals surface area contributed by atoms with Crippen molar-refractivity contribution in [3.8, 4) is 0 Å². The number of fused-ring (bicyclic) bond motifs is 1. The van der Waals surface area contributed by atoms with E-state index in [1.807, 2.05) is 6.20 Å². The lowest BCUT2D eigenvalue weighted by Crippen LogP contribution is -2.32. The fourth-order valence-corrected chi connectivity index (χ4v) is 3.78. The lowest BCUT2D eigenvalue weighted by atomic mass is 9.86. The third-order valence-corrected chi connectivity index (χ3v) is 5.24. The molecule has 1 aliphatic carbocycles. The number of piperidine rings is 1. The number of aryl methyl sites for hydroxylation is 1. The van der Waals surface area contributed by atoms with Crippen LogP contribution in [0, 0.1) is 11.7 Å². The third-order valence-electron chi connectivity index (χ3n) is 5.24. The molecule has 1 amide bonds. The largest absolute Gasteiger partial charge is 0.341 e. The van der Waals surface area contributed by atoms with Crippen molar-refractivity contribution in [3.63, 3.8) is 0 Å². The molecular weight excluding hydrogens is 331 g/mol. The molecule has 1 aromatic heterocycles. The Morgan fingerprint density at radius 1 is 1.23 bits per heavy atom. The smallest absolute Gasteiger partial charge is 0.227 e. The van der Waals surface area contributed by atoms with Gasteiger partial charge in [0.1, 0.15) is 5.82 Å². The Balaban J connectivity index is 1.43. The first kappa shape index (κ1) is 16.9. The summed E-state index contributed by atoms with van der Waals surface area (Å²) in [5.74, 6) is 0.276. The summed E-state index contributed by atoms with van der Waals surface area (Å²) in [5.41, 5.74) is 2.62. The molecule has 136 valence electrons. The Bertz CT molecular complexity index is 804. The molecule has 1 aliphatic heterocycles. The van der Waals surface area contributed by atoms with Crippen molar-refractivity contribution in [2.24, 2.45) is 5.92 Å². The Labute approximate surface area is 152 Å². The highest BCUT2D eigenvalue weighted by Gasteiger charge is 2.27. The second kappa shape index (κ2) is 7.40. The molecule has 4 rings (SSSR count). The van der Waals surface area contributed by atoms with Gasteiger partial charge >= 0.3 is 0 Å². The summed E-state index contributed by atoms with van der Waals surface area (Å²) >= 11 is 0. The average molecular weight is 354 g/mol. The molecular formula is C20H23FN4O. The monoisotopic (exact) mass is 354 g/mol. The molecule has 5 nitrogen and oxygen atoms in total. The number of rotatable bonds is 3. The van der Waals surface area contributed by atoms with Crippen molar-refractivity contribution in [3.05, 3.63) is 47.5 Å². The number of nitrogens with one attached hydrogen (secondary N) is 1. The normalized spacial score (nSPS) is 19.7. The Morgan fingerprint density at radius 2 is 2.08 bits per heavy atom. The van der Waals surface area contributed by atoms with Crippen LogP contribution in [-0.2, 0) is 17.6 Å². The molecule has 6 heteroatoms. The van der Waals surface area contributed by atoms with Gasteiger partial charge in [-0.15, -0.1) is 0 Å². The third kappa shape index (κ3) is 3.69. The minimum absolute atomic E-state index is 0.0682. The van der Waals surface area contributed by atoms with E-state index in [9.17, 15) is 9.18 Å². The number of hydrogen-bond acceptors (Lipinski definition) is 4. The van der Waals surface area contributed by atoms with E-state index < -0.39 is 0 Å². The molecule has 0 unspecified atom stereocenters. The maximum atomic E-state index is 13.3. The topological polar surface area (TPSA) is 58.1 Å². The van der Waals surface area contributed by atoms with Crippen LogP contribution in [0.15, 0.2) is 30.5 Å². The van der Waals surface area contributed by atoms with Gasteiger partial charge in [-0.25, -0.2) is 14.4 Å². The number of carbonyl (C=O) groups excluding carboxylic acids is 1. The predicted molar refractivity (Wildman–Crippen MR) is 98.6 cm³/mol. The van der Waals surface area contributed by atoms with E-state index in [4.69, 9.17) is 4.98 Å². The van der Waals surface area contributed by atoms with E-state index in [1.165, 1.54) is 31.4 Å². The van der Waals surface area contributed by atoms with Crippen LogP contribution in [0.1, 0.15) is 36.9 Å². The summed E-state index contributed by atoms with van der Waals surface area (Å²) in [4.78, 5) is 24.1. The molecule has 1 fully saturated rings.